The predicted octanol–water partition coefficient (Wildman–Crippen LogP) is 3.67. The molecule has 0 saturated carbocycles. The molecule has 0 aliphatic carbocycles. The minimum Gasteiger partial charge on any atom is -0.378 e. The van der Waals surface area contributed by atoms with Gasteiger partial charge in [0.15, 0.2) is 5.78 Å². The van der Waals surface area contributed by atoms with Crippen molar-refractivity contribution in [1.82, 2.24) is 29.9 Å². The predicted molar refractivity (Wildman–Crippen MR) is 146 cm³/mol. The smallest absolute Gasteiger partial charge is 0.169 e. The third kappa shape index (κ3) is 5.30. The number of carbonyl (C=O) groups excluding carboxylic acids is 1. The Labute approximate surface area is 222 Å². The zero-order chi connectivity index (χ0) is 25.9. The van der Waals surface area contributed by atoms with Crippen LogP contribution in [0.1, 0.15) is 41.0 Å². The molecule has 196 valence electrons. The topological polar surface area (TPSA) is 89.3 Å². The highest BCUT2D eigenvalue weighted by atomic mass is 16.5. The number of benzene rings is 1. The van der Waals surface area contributed by atoms with Crippen molar-refractivity contribution in [3.05, 3.63) is 65.7 Å². The highest BCUT2D eigenvalue weighted by molar-refractivity contribution is 5.98. The molecule has 1 aromatic carbocycles. The summed E-state index contributed by atoms with van der Waals surface area (Å²) in [6.07, 6.45) is 7.68. The number of ether oxygens (including phenoxy) is 1. The lowest BCUT2D eigenvalue weighted by Crippen LogP contribution is -2.36. The second-order valence-corrected chi connectivity index (χ2v) is 10.2. The molecule has 6 rings (SSSR count). The van der Waals surface area contributed by atoms with Crippen LogP contribution in [-0.2, 0) is 24.8 Å². The number of piperidine rings is 1. The third-order valence-corrected chi connectivity index (χ3v) is 7.57. The van der Waals surface area contributed by atoms with Crippen molar-refractivity contribution in [1.29, 1.82) is 0 Å². The molecule has 5 heterocycles. The van der Waals surface area contributed by atoms with Crippen molar-refractivity contribution in [2.24, 2.45) is 7.05 Å². The van der Waals surface area contributed by atoms with Crippen molar-refractivity contribution >= 4 is 22.5 Å². The Balaban J connectivity index is 1.22. The first-order chi connectivity index (χ1) is 18.6. The van der Waals surface area contributed by atoms with E-state index in [0.717, 1.165) is 60.6 Å². The zero-order valence-electron chi connectivity index (χ0n) is 21.8. The van der Waals surface area contributed by atoms with Crippen LogP contribution in [0.25, 0.3) is 22.0 Å². The van der Waals surface area contributed by atoms with Crippen molar-refractivity contribution in [3.63, 3.8) is 0 Å². The normalized spacial score (nSPS) is 16.7. The number of nitrogens with zero attached hydrogens (tertiary/aromatic N) is 7. The SMILES string of the molecule is Cn1ncc(-c2ccc3nnc(CC(=O)c4ccnc(N5CCOCC5)c4)cc3c2)c1CN1CCCCC1. The summed E-state index contributed by atoms with van der Waals surface area (Å²) < 4.78 is 7.42. The van der Waals surface area contributed by atoms with Gasteiger partial charge in [0, 0.05) is 49.4 Å². The molecule has 2 saturated heterocycles. The summed E-state index contributed by atoms with van der Waals surface area (Å²) in [5.41, 5.74) is 5.57. The van der Waals surface area contributed by atoms with Gasteiger partial charge in [-0.05, 0) is 61.8 Å². The lowest BCUT2D eigenvalue weighted by molar-refractivity contribution is 0.0991. The van der Waals surface area contributed by atoms with Crippen molar-refractivity contribution in [3.8, 4) is 11.1 Å². The van der Waals surface area contributed by atoms with E-state index in [1.165, 1.54) is 25.0 Å². The van der Waals surface area contributed by atoms with Crippen LogP contribution >= 0.6 is 0 Å². The van der Waals surface area contributed by atoms with Crippen LogP contribution in [0.4, 0.5) is 5.82 Å². The first-order valence-electron chi connectivity index (χ1n) is 13.5. The molecule has 0 amide bonds. The van der Waals surface area contributed by atoms with Gasteiger partial charge >= 0.3 is 0 Å². The quantitative estimate of drug-likeness (QED) is 0.347. The third-order valence-electron chi connectivity index (χ3n) is 7.57. The number of pyridine rings is 1. The largest absolute Gasteiger partial charge is 0.378 e. The van der Waals surface area contributed by atoms with Gasteiger partial charge in [-0.2, -0.15) is 15.3 Å². The van der Waals surface area contributed by atoms with Crippen LogP contribution in [0.2, 0.25) is 0 Å². The molecule has 0 atom stereocenters. The Morgan fingerprint density at radius 3 is 2.66 bits per heavy atom. The van der Waals surface area contributed by atoms with Crippen LogP contribution < -0.4 is 4.90 Å². The number of anilines is 1. The molecule has 4 aromatic rings. The lowest BCUT2D eigenvalue weighted by Gasteiger charge is -2.27. The molecule has 9 nitrogen and oxygen atoms in total. The summed E-state index contributed by atoms with van der Waals surface area (Å²) >= 11 is 0. The number of carbonyl (C=O) groups is 1. The van der Waals surface area contributed by atoms with Gasteiger partial charge in [-0.25, -0.2) is 4.98 Å². The average molecular weight is 512 g/mol. The van der Waals surface area contributed by atoms with Crippen LogP contribution in [-0.4, -0.2) is 75.0 Å². The molecule has 9 heteroatoms. The fourth-order valence-electron chi connectivity index (χ4n) is 5.39. The van der Waals surface area contributed by atoms with Gasteiger partial charge in [0.1, 0.15) is 5.82 Å². The highest BCUT2D eigenvalue weighted by Gasteiger charge is 2.18. The first kappa shape index (κ1) is 24.6. The Kier molecular flexibility index (Phi) is 7.11. The Morgan fingerprint density at radius 2 is 1.82 bits per heavy atom. The summed E-state index contributed by atoms with van der Waals surface area (Å²) in [5, 5.41) is 14.3. The molecule has 2 aliphatic heterocycles. The summed E-state index contributed by atoms with van der Waals surface area (Å²) in [4.78, 5) is 22.3. The minimum absolute atomic E-state index is 0.00258. The number of aromatic nitrogens is 5. The van der Waals surface area contributed by atoms with E-state index in [0.29, 0.717) is 24.5 Å². The summed E-state index contributed by atoms with van der Waals surface area (Å²) in [6.45, 7) is 6.08. The standard InChI is InChI=1S/C29H33N7O2/c1-34-27(20-35-9-3-2-4-10-35)25(19-31-34)21-5-6-26-23(15-21)16-24(32-33-26)18-28(37)22-7-8-30-29(17-22)36-11-13-38-14-12-36/h5-8,15-17,19H,2-4,9-14,18,20H2,1H3. The van der Waals surface area contributed by atoms with E-state index in [4.69, 9.17) is 4.74 Å². The molecule has 3 aromatic heterocycles. The second-order valence-electron chi connectivity index (χ2n) is 10.2. The van der Waals surface area contributed by atoms with Gasteiger partial charge in [-0.3, -0.25) is 14.4 Å². The Bertz CT molecular complexity index is 1440. The lowest BCUT2D eigenvalue weighted by atomic mass is 10.0. The second kappa shape index (κ2) is 11.0. The summed E-state index contributed by atoms with van der Waals surface area (Å²) in [5.74, 6) is 0.813. The number of aryl methyl sites for hydroxylation is 1. The zero-order valence-corrected chi connectivity index (χ0v) is 21.8. The maximum absolute atomic E-state index is 13.2. The van der Waals surface area contributed by atoms with E-state index in [-0.39, 0.29) is 12.2 Å². The monoisotopic (exact) mass is 511 g/mol. The molecular formula is C29H33N7O2. The fourth-order valence-corrected chi connectivity index (χ4v) is 5.39. The molecule has 0 N–H and O–H groups in total. The van der Waals surface area contributed by atoms with Crippen LogP contribution in [0.5, 0.6) is 0 Å². The maximum atomic E-state index is 13.2. The summed E-state index contributed by atoms with van der Waals surface area (Å²) in [6, 6.07) is 11.8. The molecule has 2 aliphatic rings. The number of ketones is 1. The van der Waals surface area contributed by atoms with Crippen LogP contribution in [0, 0.1) is 0 Å². The number of fused-ring (bicyclic) bond motifs is 1. The van der Waals surface area contributed by atoms with Gasteiger partial charge in [0.05, 0.1) is 42.7 Å². The van der Waals surface area contributed by atoms with Gasteiger partial charge in [0.25, 0.3) is 0 Å². The van der Waals surface area contributed by atoms with Crippen molar-refractivity contribution in [2.75, 3.05) is 44.3 Å². The molecule has 0 bridgehead atoms. The molecule has 2 fully saturated rings. The minimum atomic E-state index is 0.00258. The fraction of sp³-hybridized carbons (Fsp3) is 0.414. The number of hydrogen-bond acceptors (Lipinski definition) is 8. The van der Waals surface area contributed by atoms with E-state index < -0.39 is 0 Å². The van der Waals surface area contributed by atoms with E-state index in [9.17, 15) is 4.79 Å². The Hall–Kier alpha value is -3.69. The van der Waals surface area contributed by atoms with Gasteiger partial charge in [-0.1, -0.05) is 12.5 Å². The molecule has 0 spiro atoms. The number of rotatable bonds is 7. The van der Waals surface area contributed by atoms with Gasteiger partial charge in [0.2, 0.25) is 0 Å². The maximum Gasteiger partial charge on any atom is 0.169 e. The molecular weight excluding hydrogens is 478 g/mol. The van der Waals surface area contributed by atoms with Crippen molar-refractivity contribution in [2.45, 2.75) is 32.2 Å². The van der Waals surface area contributed by atoms with Crippen LogP contribution in [0.15, 0.2) is 48.8 Å². The molecule has 0 unspecified atom stereocenters. The van der Waals surface area contributed by atoms with Gasteiger partial charge in [-0.15, -0.1) is 0 Å². The van der Waals surface area contributed by atoms with E-state index in [1.54, 1.807) is 12.3 Å². The van der Waals surface area contributed by atoms with Crippen LogP contribution in [0.3, 0.4) is 0 Å². The number of Topliss-reactive ketones (excluding diaryl/α,β-unsaturated/α-hetero) is 1. The van der Waals surface area contributed by atoms with E-state index in [1.807, 2.05) is 36.1 Å². The highest BCUT2D eigenvalue weighted by Crippen LogP contribution is 2.28. The molecule has 38 heavy (non-hydrogen) atoms. The number of hydrogen-bond donors (Lipinski definition) is 0. The molecule has 0 radical (unpaired) electrons. The number of morpholine rings is 1. The van der Waals surface area contributed by atoms with E-state index >= 15 is 0 Å². The average Bonchev–Trinajstić information content (AvgIpc) is 3.33. The van der Waals surface area contributed by atoms with Gasteiger partial charge < -0.3 is 9.64 Å². The summed E-state index contributed by atoms with van der Waals surface area (Å²) in [7, 11) is 2.02. The first-order valence-corrected chi connectivity index (χ1v) is 13.5. The number of likely N-dealkylation sites (tertiary alicyclic amines) is 1. The Morgan fingerprint density at radius 1 is 0.974 bits per heavy atom. The van der Waals surface area contributed by atoms with Crippen molar-refractivity contribution < 1.29 is 9.53 Å². The van der Waals surface area contributed by atoms with E-state index in [2.05, 4.69) is 42.2 Å².